The van der Waals surface area contributed by atoms with Gasteiger partial charge in [0.05, 0.1) is 11.4 Å². The summed E-state index contributed by atoms with van der Waals surface area (Å²) in [5, 5.41) is -0.264. The summed E-state index contributed by atoms with van der Waals surface area (Å²) in [4.78, 5) is 27.4. The normalized spacial score (nSPS) is 15.1. The first-order chi connectivity index (χ1) is 16.7. The van der Waals surface area contributed by atoms with Gasteiger partial charge in [-0.3, -0.25) is 14.5 Å². The minimum absolute atomic E-state index is 0.214. The van der Waals surface area contributed by atoms with Crippen molar-refractivity contribution in [3.8, 4) is 11.4 Å². The Morgan fingerprint density at radius 2 is 1.74 bits per heavy atom. The van der Waals surface area contributed by atoms with Crippen molar-refractivity contribution in [2.75, 3.05) is 13.2 Å². The van der Waals surface area contributed by atoms with Crippen molar-refractivity contribution in [1.82, 2.24) is 9.47 Å². The molecule has 7 heteroatoms. The van der Waals surface area contributed by atoms with E-state index < -0.39 is 0 Å². The molecule has 0 atom stereocenters. The van der Waals surface area contributed by atoms with Gasteiger partial charge in [-0.1, -0.05) is 41.9 Å². The lowest BCUT2D eigenvalue weighted by Gasteiger charge is -2.17. The number of nitrogens with zero attached hydrogens (tertiary/aromatic N) is 2. The predicted molar refractivity (Wildman–Crippen MR) is 146 cm³/mol. The van der Waals surface area contributed by atoms with Crippen LogP contribution in [0.2, 0.25) is 0 Å². The summed E-state index contributed by atoms with van der Waals surface area (Å²) >= 11 is 4.46. The van der Waals surface area contributed by atoms with Gasteiger partial charge in [0, 0.05) is 21.5 Å². The van der Waals surface area contributed by atoms with Crippen LogP contribution in [-0.4, -0.2) is 33.8 Å². The first-order valence-corrected chi connectivity index (χ1v) is 13.2. The lowest BCUT2D eigenvalue weighted by Crippen LogP contribution is -2.32. The van der Waals surface area contributed by atoms with Crippen LogP contribution in [0.3, 0.4) is 0 Å². The third kappa shape index (κ3) is 5.41. The van der Waals surface area contributed by atoms with Crippen molar-refractivity contribution in [1.29, 1.82) is 0 Å². The zero-order valence-corrected chi connectivity index (χ0v) is 23.0. The molecule has 182 valence electrons. The van der Waals surface area contributed by atoms with Crippen molar-refractivity contribution >= 4 is 44.9 Å². The number of amides is 2. The molecule has 1 fully saturated rings. The molecular weight excluding hydrogens is 524 g/mol. The molecule has 0 unspecified atom stereocenters. The number of aryl methyl sites for hydroxylation is 2. The molecule has 3 aromatic rings. The van der Waals surface area contributed by atoms with Crippen molar-refractivity contribution in [2.45, 2.75) is 40.5 Å². The predicted octanol–water partition coefficient (Wildman–Crippen LogP) is 7.40. The first-order valence-electron chi connectivity index (χ1n) is 11.6. The summed E-state index contributed by atoms with van der Waals surface area (Å²) in [6.45, 7) is 10.8. The molecule has 0 bridgehead atoms. The Labute approximate surface area is 219 Å². The third-order valence-electron chi connectivity index (χ3n) is 6.08. The van der Waals surface area contributed by atoms with Crippen LogP contribution in [-0.2, 0) is 4.79 Å². The molecule has 2 amide bonds. The van der Waals surface area contributed by atoms with E-state index >= 15 is 0 Å². The number of hydrogen-bond acceptors (Lipinski definition) is 4. The van der Waals surface area contributed by atoms with E-state index in [2.05, 4.69) is 46.5 Å². The number of carbonyl (C=O) groups is 2. The summed E-state index contributed by atoms with van der Waals surface area (Å²) in [5.74, 6) is 0.857. The Morgan fingerprint density at radius 3 is 2.43 bits per heavy atom. The Hall–Kier alpha value is -2.77. The van der Waals surface area contributed by atoms with Gasteiger partial charge in [0.15, 0.2) is 0 Å². The van der Waals surface area contributed by atoms with E-state index in [-0.39, 0.29) is 24.3 Å². The zero-order chi connectivity index (χ0) is 25.3. The average molecular weight is 554 g/mol. The van der Waals surface area contributed by atoms with Crippen molar-refractivity contribution in [3.63, 3.8) is 0 Å². The van der Waals surface area contributed by atoms with Crippen molar-refractivity contribution < 1.29 is 14.3 Å². The van der Waals surface area contributed by atoms with Crippen LogP contribution < -0.4 is 4.74 Å². The van der Waals surface area contributed by atoms with Crippen LogP contribution in [0.5, 0.6) is 5.75 Å². The fourth-order valence-electron chi connectivity index (χ4n) is 4.25. The molecule has 35 heavy (non-hydrogen) atoms. The minimum Gasteiger partial charge on any atom is -0.491 e. The number of benzene rings is 2. The lowest BCUT2D eigenvalue weighted by atomic mass is 10.0. The van der Waals surface area contributed by atoms with E-state index in [0.717, 1.165) is 55.7 Å². The summed E-state index contributed by atoms with van der Waals surface area (Å²) in [6.07, 6.45) is 1.82. The van der Waals surface area contributed by atoms with Gasteiger partial charge in [-0.25, -0.2) is 0 Å². The van der Waals surface area contributed by atoms with E-state index in [9.17, 15) is 9.59 Å². The lowest BCUT2D eigenvalue weighted by molar-refractivity contribution is -0.123. The number of ether oxygens (including phenoxy) is 1. The maximum absolute atomic E-state index is 13.1. The number of hydrogen-bond donors (Lipinski definition) is 0. The number of carbonyl (C=O) groups excluding carboxylic acids is 2. The second-order valence-electron chi connectivity index (χ2n) is 9.02. The van der Waals surface area contributed by atoms with E-state index in [0.29, 0.717) is 10.8 Å². The topological polar surface area (TPSA) is 51.5 Å². The molecule has 5 nitrogen and oxygen atoms in total. The monoisotopic (exact) mass is 552 g/mol. The largest absolute Gasteiger partial charge is 0.491 e. The molecule has 2 aromatic carbocycles. The van der Waals surface area contributed by atoms with Crippen LogP contribution >= 0.6 is 27.7 Å². The molecule has 1 aliphatic heterocycles. The highest BCUT2D eigenvalue weighted by Gasteiger charge is 2.35. The Bertz CT molecular complexity index is 1310. The van der Waals surface area contributed by atoms with E-state index in [1.54, 1.807) is 0 Å². The van der Waals surface area contributed by atoms with Gasteiger partial charge in [-0.2, -0.15) is 0 Å². The molecule has 0 spiro atoms. The molecule has 2 heterocycles. The fraction of sp³-hybridized carbons (Fsp3) is 0.286. The third-order valence-corrected chi connectivity index (χ3v) is 7.51. The second kappa shape index (κ2) is 10.5. The summed E-state index contributed by atoms with van der Waals surface area (Å²) in [6, 6.07) is 16.3. The molecule has 1 aromatic heterocycles. The molecule has 0 N–H and O–H groups in total. The average Bonchev–Trinajstić information content (AvgIpc) is 3.23. The molecule has 4 rings (SSSR count). The van der Waals surface area contributed by atoms with Gasteiger partial charge in [0.1, 0.15) is 12.4 Å². The van der Waals surface area contributed by atoms with Gasteiger partial charge in [0.25, 0.3) is 11.1 Å². The molecule has 0 saturated carbocycles. The summed E-state index contributed by atoms with van der Waals surface area (Å²) in [5.41, 5.74) is 6.27. The van der Waals surface area contributed by atoms with E-state index in [1.807, 2.05) is 63.2 Å². The van der Waals surface area contributed by atoms with Gasteiger partial charge < -0.3 is 9.30 Å². The van der Waals surface area contributed by atoms with Crippen LogP contribution in [0.1, 0.15) is 47.8 Å². The highest BCUT2D eigenvalue weighted by molar-refractivity contribution is 9.10. The van der Waals surface area contributed by atoms with Gasteiger partial charge in [-0.15, -0.1) is 0 Å². The Balaban J connectivity index is 1.49. The fourth-order valence-corrected chi connectivity index (χ4v) is 5.37. The molecular formula is C28H29BrN2O3S. The van der Waals surface area contributed by atoms with E-state index in [4.69, 9.17) is 4.74 Å². The van der Waals surface area contributed by atoms with Crippen LogP contribution in [0.25, 0.3) is 11.8 Å². The quantitative estimate of drug-likeness (QED) is 0.286. The smallest absolute Gasteiger partial charge is 0.293 e. The van der Waals surface area contributed by atoms with Gasteiger partial charge >= 0.3 is 0 Å². The van der Waals surface area contributed by atoms with Crippen LogP contribution in [0.4, 0.5) is 4.79 Å². The number of halogens is 1. The van der Waals surface area contributed by atoms with Crippen molar-refractivity contribution in [2.24, 2.45) is 0 Å². The standard InChI is InChI=1S/C28H29BrN2O3S/c1-17(2)24-11-6-18(3)14-25(24)34-13-12-30-27(32)26(35-28(30)33)16-21-15-19(4)31(20(21)5)23-9-7-22(29)8-10-23/h6-11,14-17H,12-13H2,1-5H3/b26-16-. The maximum atomic E-state index is 13.1. The second-order valence-corrected chi connectivity index (χ2v) is 10.9. The Kier molecular flexibility index (Phi) is 7.57. The summed E-state index contributed by atoms with van der Waals surface area (Å²) in [7, 11) is 0. The molecule has 1 aliphatic rings. The van der Waals surface area contributed by atoms with Gasteiger partial charge in [0.2, 0.25) is 0 Å². The van der Waals surface area contributed by atoms with Crippen LogP contribution in [0, 0.1) is 20.8 Å². The minimum atomic E-state index is -0.273. The van der Waals surface area contributed by atoms with Crippen LogP contribution in [0.15, 0.2) is 57.9 Å². The number of aromatic nitrogens is 1. The Morgan fingerprint density at radius 1 is 1.03 bits per heavy atom. The SMILES string of the molecule is Cc1ccc(C(C)C)c(OCCN2C(=O)S/C(=C\c3cc(C)n(-c4ccc(Br)cc4)c3C)C2=O)c1. The first kappa shape index (κ1) is 25.3. The molecule has 0 aliphatic carbocycles. The number of thioether (sulfide) groups is 1. The highest BCUT2D eigenvalue weighted by Crippen LogP contribution is 2.34. The molecule has 1 saturated heterocycles. The summed E-state index contributed by atoms with van der Waals surface area (Å²) < 4.78 is 9.17. The molecule has 0 radical (unpaired) electrons. The maximum Gasteiger partial charge on any atom is 0.293 e. The zero-order valence-electron chi connectivity index (χ0n) is 20.6. The number of imide groups is 1. The van der Waals surface area contributed by atoms with Crippen molar-refractivity contribution in [3.05, 3.63) is 86.0 Å². The van der Waals surface area contributed by atoms with Gasteiger partial charge in [-0.05, 0) is 97.6 Å². The van der Waals surface area contributed by atoms with E-state index in [1.165, 1.54) is 4.90 Å². The number of rotatable bonds is 7. The highest BCUT2D eigenvalue weighted by atomic mass is 79.9.